The second-order valence-corrected chi connectivity index (χ2v) is 7.01. The van der Waals surface area contributed by atoms with Crippen LogP contribution in [-0.2, 0) is 4.79 Å². The van der Waals surface area contributed by atoms with Crippen LogP contribution in [0.3, 0.4) is 0 Å². The first kappa shape index (κ1) is 18.5. The average Bonchev–Trinajstić information content (AvgIpc) is 3.21. The molecule has 0 aromatic heterocycles. The van der Waals surface area contributed by atoms with Crippen molar-refractivity contribution in [1.29, 1.82) is 0 Å². The highest BCUT2D eigenvalue weighted by Gasteiger charge is 2.29. The molecule has 0 aliphatic carbocycles. The lowest BCUT2D eigenvalue weighted by Crippen LogP contribution is -2.40. The Morgan fingerprint density at radius 2 is 1.81 bits per heavy atom. The van der Waals surface area contributed by atoms with Gasteiger partial charge in [0, 0.05) is 24.7 Å². The first-order valence-corrected chi connectivity index (χ1v) is 9.34. The van der Waals surface area contributed by atoms with Gasteiger partial charge >= 0.3 is 0 Å². The third kappa shape index (κ3) is 4.07. The molecule has 0 bridgehead atoms. The van der Waals surface area contributed by atoms with Gasteiger partial charge in [0.2, 0.25) is 5.91 Å². The molecule has 2 atom stereocenters. The molecule has 2 aromatic rings. The van der Waals surface area contributed by atoms with Crippen LogP contribution >= 0.6 is 0 Å². The van der Waals surface area contributed by atoms with Gasteiger partial charge in [-0.05, 0) is 38.3 Å². The fraction of sp³-hybridized carbons (Fsp3) is 0.409. The summed E-state index contributed by atoms with van der Waals surface area (Å²) in [6, 6.07) is 15.8. The molecule has 3 rings (SSSR count). The van der Waals surface area contributed by atoms with Crippen molar-refractivity contribution in [2.24, 2.45) is 0 Å². The van der Waals surface area contributed by atoms with E-state index in [9.17, 15) is 4.79 Å². The summed E-state index contributed by atoms with van der Waals surface area (Å²) in [5.74, 6) is 1.00. The predicted molar refractivity (Wildman–Crippen MR) is 104 cm³/mol. The van der Waals surface area contributed by atoms with Crippen molar-refractivity contribution in [2.45, 2.75) is 38.8 Å². The van der Waals surface area contributed by atoms with E-state index >= 15 is 0 Å². The number of carbonyl (C=O) groups is 1. The van der Waals surface area contributed by atoms with Crippen molar-refractivity contribution in [3.05, 3.63) is 65.2 Å². The number of likely N-dealkylation sites (tertiary alicyclic amines) is 1. The number of hydrogen-bond donors (Lipinski definition) is 1. The Kier molecular flexibility index (Phi) is 5.94. The lowest BCUT2D eigenvalue weighted by molar-refractivity contribution is -0.132. The van der Waals surface area contributed by atoms with E-state index < -0.39 is 0 Å². The Balaban J connectivity index is 1.88. The number of aryl methyl sites for hydroxylation is 1. The van der Waals surface area contributed by atoms with E-state index in [1.54, 1.807) is 7.11 Å². The lowest BCUT2D eigenvalue weighted by atomic mass is 10.00. The second kappa shape index (κ2) is 8.37. The number of nitrogens with zero attached hydrogens (tertiary/aromatic N) is 1. The standard InChI is InChI=1S/C22H28N2O2/c1-16-11-12-20(26-3)19(15-16)17(2)23-21(18-9-5-4-6-10-18)22(25)24-13-7-8-14-24/h4-6,9-12,15,17,21,23H,7-8,13-14H2,1-3H3. The van der Waals surface area contributed by atoms with Gasteiger partial charge in [0.15, 0.2) is 0 Å². The molecule has 1 aliphatic heterocycles. The number of carbonyl (C=O) groups excluding carboxylic acids is 1. The molecule has 138 valence electrons. The largest absolute Gasteiger partial charge is 0.496 e. The van der Waals surface area contributed by atoms with Crippen LogP contribution in [0.4, 0.5) is 0 Å². The maximum Gasteiger partial charge on any atom is 0.244 e. The smallest absolute Gasteiger partial charge is 0.244 e. The number of methoxy groups -OCH3 is 1. The molecule has 4 nitrogen and oxygen atoms in total. The third-order valence-corrected chi connectivity index (χ3v) is 5.07. The summed E-state index contributed by atoms with van der Waals surface area (Å²) in [5.41, 5.74) is 3.25. The van der Waals surface area contributed by atoms with Crippen LogP contribution in [0.2, 0.25) is 0 Å². The number of amides is 1. The molecule has 0 spiro atoms. The molecule has 1 saturated heterocycles. The molecule has 0 saturated carbocycles. The van der Waals surface area contributed by atoms with Crippen LogP contribution < -0.4 is 10.1 Å². The highest BCUT2D eigenvalue weighted by Crippen LogP contribution is 2.29. The number of nitrogens with one attached hydrogen (secondary N) is 1. The highest BCUT2D eigenvalue weighted by atomic mass is 16.5. The maximum atomic E-state index is 13.2. The third-order valence-electron chi connectivity index (χ3n) is 5.07. The van der Waals surface area contributed by atoms with E-state index in [2.05, 4.69) is 25.2 Å². The summed E-state index contributed by atoms with van der Waals surface area (Å²) in [6.45, 7) is 5.86. The van der Waals surface area contributed by atoms with E-state index in [1.165, 1.54) is 5.56 Å². The van der Waals surface area contributed by atoms with E-state index in [-0.39, 0.29) is 18.0 Å². The van der Waals surface area contributed by atoms with Crippen LogP contribution in [0.1, 0.15) is 48.5 Å². The summed E-state index contributed by atoms with van der Waals surface area (Å²) in [7, 11) is 1.69. The van der Waals surface area contributed by atoms with Crippen LogP contribution in [0.25, 0.3) is 0 Å². The van der Waals surface area contributed by atoms with Gasteiger partial charge < -0.3 is 9.64 Å². The summed E-state index contributed by atoms with van der Waals surface area (Å²) in [5, 5.41) is 3.56. The van der Waals surface area contributed by atoms with Gasteiger partial charge in [-0.15, -0.1) is 0 Å². The summed E-state index contributed by atoms with van der Waals surface area (Å²) in [6.07, 6.45) is 2.18. The molecule has 1 N–H and O–H groups in total. The highest BCUT2D eigenvalue weighted by molar-refractivity contribution is 5.83. The Morgan fingerprint density at radius 1 is 1.12 bits per heavy atom. The molecule has 26 heavy (non-hydrogen) atoms. The minimum atomic E-state index is -0.352. The molecular weight excluding hydrogens is 324 g/mol. The van der Waals surface area contributed by atoms with Crippen LogP contribution in [0.15, 0.2) is 48.5 Å². The zero-order valence-corrected chi connectivity index (χ0v) is 15.9. The monoisotopic (exact) mass is 352 g/mol. The number of hydrogen-bond acceptors (Lipinski definition) is 3. The van der Waals surface area contributed by atoms with Gasteiger partial charge in [-0.2, -0.15) is 0 Å². The van der Waals surface area contributed by atoms with Crippen LogP contribution in [-0.4, -0.2) is 31.0 Å². The topological polar surface area (TPSA) is 41.6 Å². The van der Waals surface area contributed by atoms with E-state index in [4.69, 9.17) is 4.74 Å². The Morgan fingerprint density at radius 3 is 2.46 bits per heavy atom. The Labute approximate surface area is 156 Å². The van der Waals surface area contributed by atoms with Gasteiger partial charge in [-0.3, -0.25) is 10.1 Å². The van der Waals surface area contributed by atoms with Crippen molar-refractivity contribution < 1.29 is 9.53 Å². The van der Waals surface area contributed by atoms with Gasteiger partial charge in [-0.25, -0.2) is 0 Å². The Bertz CT molecular complexity index is 739. The molecule has 1 fully saturated rings. The average molecular weight is 352 g/mol. The van der Waals surface area contributed by atoms with Gasteiger partial charge in [-0.1, -0.05) is 48.0 Å². The maximum absolute atomic E-state index is 13.2. The number of ether oxygens (including phenoxy) is 1. The predicted octanol–water partition coefficient (Wildman–Crippen LogP) is 4.02. The first-order chi connectivity index (χ1) is 12.6. The number of rotatable bonds is 6. The summed E-state index contributed by atoms with van der Waals surface area (Å²) < 4.78 is 5.53. The fourth-order valence-corrected chi connectivity index (χ4v) is 3.61. The number of benzene rings is 2. The van der Waals surface area contributed by atoms with Crippen molar-refractivity contribution in [1.82, 2.24) is 10.2 Å². The van der Waals surface area contributed by atoms with Gasteiger partial charge in [0.25, 0.3) is 0 Å². The zero-order valence-electron chi connectivity index (χ0n) is 15.9. The first-order valence-electron chi connectivity index (χ1n) is 9.34. The quantitative estimate of drug-likeness (QED) is 0.854. The van der Waals surface area contributed by atoms with Gasteiger partial charge in [0.1, 0.15) is 11.8 Å². The molecule has 1 heterocycles. The molecule has 0 radical (unpaired) electrons. The van der Waals surface area contributed by atoms with Crippen molar-refractivity contribution in [3.8, 4) is 5.75 Å². The SMILES string of the molecule is COc1ccc(C)cc1C(C)NC(C(=O)N1CCCC1)c1ccccc1. The van der Waals surface area contributed by atoms with Crippen LogP contribution in [0, 0.1) is 6.92 Å². The molecule has 4 heteroatoms. The van der Waals surface area contributed by atoms with E-state index in [1.807, 2.05) is 47.4 Å². The second-order valence-electron chi connectivity index (χ2n) is 7.01. The van der Waals surface area contributed by atoms with Crippen molar-refractivity contribution in [3.63, 3.8) is 0 Å². The Hall–Kier alpha value is -2.33. The van der Waals surface area contributed by atoms with Crippen molar-refractivity contribution >= 4 is 5.91 Å². The van der Waals surface area contributed by atoms with Crippen molar-refractivity contribution in [2.75, 3.05) is 20.2 Å². The van der Waals surface area contributed by atoms with Crippen LogP contribution in [0.5, 0.6) is 5.75 Å². The normalized spacial score (nSPS) is 16.3. The summed E-state index contributed by atoms with van der Waals surface area (Å²) >= 11 is 0. The molecule has 1 aliphatic rings. The lowest BCUT2D eigenvalue weighted by Gasteiger charge is -2.28. The minimum Gasteiger partial charge on any atom is -0.496 e. The molecule has 2 aromatic carbocycles. The summed E-state index contributed by atoms with van der Waals surface area (Å²) in [4.78, 5) is 15.1. The minimum absolute atomic E-state index is 0.0124. The molecular formula is C22H28N2O2. The van der Waals surface area contributed by atoms with E-state index in [0.29, 0.717) is 0 Å². The molecule has 2 unspecified atom stereocenters. The van der Waals surface area contributed by atoms with E-state index in [0.717, 1.165) is 42.8 Å². The zero-order chi connectivity index (χ0) is 18.5. The van der Waals surface area contributed by atoms with Gasteiger partial charge in [0.05, 0.1) is 7.11 Å². The molecule has 1 amide bonds. The fourth-order valence-electron chi connectivity index (χ4n) is 3.61.